The molecule has 1 heterocycles. The van der Waals surface area contributed by atoms with Gasteiger partial charge in [0.05, 0.1) is 0 Å². The lowest BCUT2D eigenvalue weighted by atomic mass is 9.85. The van der Waals surface area contributed by atoms with Gasteiger partial charge < -0.3 is 16.0 Å². The number of likely N-dealkylation sites (tertiary alicyclic amines) is 1. The van der Waals surface area contributed by atoms with E-state index in [2.05, 4.69) is 17.1 Å². The monoisotopic (exact) mass is 267 g/mol. The Hall–Kier alpha value is -0.610. The summed E-state index contributed by atoms with van der Waals surface area (Å²) < 4.78 is 0. The number of nitrogens with zero attached hydrogens (tertiary/aromatic N) is 1. The van der Waals surface area contributed by atoms with Crippen LogP contribution < -0.4 is 11.1 Å². The van der Waals surface area contributed by atoms with Crippen LogP contribution in [-0.2, 0) is 4.79 Å². The first-order valence-electron chi connectivity index (χ1n) is 7.97. The number of nitrogens with one attached hydrogen (secondary N) is 1. The van der Waals surface area contributed by atoms with Crippen LogP contribution in [0.3, 0.4) is 0 Å². The average molecular weight is 267 g/mol. The van der Waals surface area contributed by atoms with Gasteiger partial charge in [-0.05, 0) is 51.5 Å². The molecule has 0 bridgehead atoms. The van der Waals surface area contributed by atoms with E-state index in [1.807, 2.05) is 0 Å². The molecule has 0 aromatic heterocycles. The zero-order valence-electron chi connectivity index (χ0n) is 12.2. The van der Waals surface area contributed by atoms with Gasteiger partial charge in [-0.3, -0.25) is 4.79 Å². The molecule has 0 aromatic rings. The molecule has 1 saturated carbocycles. The van der Waals surface area contributed by atoms with Crippen molar-refractivity contribution in [3.63, 3.8) is 0 Å². The molecule has 2 rings (SSSR count). The van der Waals surface area contributed by atoms with E-state index >= 15 is 0 Å². The van der Waals surface area contributed by atoms with Crippen LogP contribution in [0.4, 0.5) is 0 Å². The molecule has 0 aromatic carbocycles. The Kier molecular flexibility index (Phi) is 5.64. The fourth-order valence-corrected chi connectivity index (χ4v) is 3.32. The summed E-state index contributed by atoms with van der Waals surface area (Å²) in [6.45, 7) is 5.69. The molecule has 2 fully saturated rings. The van der Waals surface area contributed by atoms with Crippen molar-refractivity contribution in [1.29, 1.82) is 0 Å². The Bertz CT molecular complexity index is 279. The zero-order valence-corrected chi connectivity index (χ0v) is 12.2. The van der Waals surface area contributed by atoms with Gasteiger partial charge in [0.15, 0.2) is 0 Å². The lowest BCUT2D eigenvalue weighted by Crippen LogP contribution is -2.47. The average Bonchev–Trinajstić information content (AvgIpc) is 2.42. The summed E-state index contributed by atoms with van der Waals surface area (Å²) in [5.41, 5.74) is 5.89. The number of hydrogen-bond donors (Lipinski definition) is 2. The van der Waals surface area contributed by atoms with Crippen molar-refractivity contribution in [1.82, 2.24) is 10.2 Å². The molecule has 1 amide bonds. The van der Waals surface area contributed by atoms with E-state index in [0.717, 1.165) is 51.6 Å². The highest BCUT2D eigenvalue weighted by atomic mass is 16.1. The Morgan fingerprint density at radius 1 is 1.16 bits per heavy atom. The van der Waals surface area contributed by atoms with E-state index < -0.39 is 0 Å². The third-order valence-electron chi connectivity index (χ3n) is 4.62. The molecular weight excluding hydrogens is 238 g/mol. The minimum atomic E-state index is 0.216. The van der Waals surface area contributed by atoms with E-state index in [9.17, 15) is 4.79 Å². The normalized spacial score (nSPS) is 30.2. The van der Waals surface area contributed by atoms with Gasteiger partial charge in [-0.1, -0.05) is 6.92 Å². The van der Waals surface area contributed by atoms with Crippen LogP contribution >= 0.6 is 0 Å². The molecule has 4 heteroatoms. The number of nitrogens with two attached hydrogens (primary N) is 1. The second kappa shape index (κ2) is 7.25. The Labute approximate surface area is 117 Å². The summed E-state index contributed by atoms with van der Waals surface area (Å²) in [4.78, 5) is 14.7. The van der Waals surface area contributed by atoms with Crippen LogP contribution in [0.15, 0.2) is 0 Å². The Morgan fingerprint density at radius 3 is 2.37 bits per heavy atom. The third kappa shape index (κ3) is 4.46. The summed E-state index contributed by atoms with van der Waals surface area (Å²) in [6, 6.07) is 0.720. The topological polar surface area (TPSA) is 58.4 Å². The second-order valence-corrected chi connectivity index (χ2v) is 6.24. The quantitative estimate of drug-likeness (QED) is 0.811. The van der Waals surface area contributed by atoms with E-state index in [0.29, 0.717) is 12.1 Å². The first-order chi connectivity index (χ1) is 9.19. The smallest absolute Gasteiger partial charge is 0.223 e. The molecule has 1 aliphatic carbocycles. The SMILES string of the molecule is CCCN1CCC(NC(=O)C2CCC(N)CC2)CC1. The summed E-state index contributed by atoms with van der Waals surface area (Å²) >= 11 is 0. The van der Waals surface area contributed by atoms with Crippen LogP contribution in [-0.4, -0.2) is 42.5 Å². The maximum atomic E-state index is 12.2. The van der Waals surface area contributed by atoms with E-state index in [4.69, 9.17) is 5.73 Å². The molecule has 0 spiro atoms. The predicted molar refractivity (Wildman–Crippen MR) is 77.8 cm³/mol. The predicted octanol–water partition coefficient (Wildman–Crippen LogP) is 1.49. The first kappa shape index (κ1) is 14.8. The van der Waals surface area contributed by atoms with Gasteiger partial charge in [0, 0.05) is 31.1 Å². The van der Waals surface area contributed by atoms with Gasteiger partial charge in [-0.25, -0.2) is 0 Å². The fraction of sp³-hybridized carbons (Fsp3) is 0.933. The standard InChI is InChI=1S/C15H29N3O/c1-2-9-18-10-7-14(8-11-18)17-15(19)12-3-5-13(16)6-4-12/h12-14H,2-11,16H2,1H3,(H,17,19). The zero-order chi connectivity index (χ0) is 13.7. The summed E-state index contributed by atoms with van der Waals surface area (Å²) in [7, 11) is 0. The third-order valence-corrected chi connectivity index (χ3v) is 4.62. The molecule has 19 heavy (non-hydrogen) atoms. The van der Waals surface area contributed by atoms with Crippen molar-refractivity contribution in [2.45, 2.75) is 64.0 Å². The molecule has 1 saturated heterocycles. The lowest BCUT2D eigenvalue weighted by Gasteiger charge is -2.33. The van der Waals surface area contributed by atoms with Crippen LogP contribution in [0.2, 0.25) is 0 Å². The van der Waals surface area contributed by atoms with Crippen LogP contribution in [0, 0.1) is 5.92 Å². The van der Waals surface area contributed by atoms with Crippen molar-refractivity contribution in [2.75, 3.05) is 19.6 Å². The van der Waals surface area contributed by atoms with Gasteiger partial charge >= 0.3 is 0 Å². The van der Waals surface area contributed by atoms with Crippen molar-refractivity contribution in [3.8, 4) is 0 Å². The number of hydrogen-bond acceptors (Lipinski definition) is 3. The van der Waals surface area contributed by atoms with Crippen LogP contribution in [0.1, 0.15) is 51.9 Å². The van der Waals surface area contributed by atoms with E-state index in [1.165, 1.54) is 13.0 Å². The highest BCUT2D eigenvalue weighted by Crippen LogP contribution is 2.23. The largest absolute Gasteiger partial charge is 0.353 e. The number of piperidine rings is 1. The first-order valence-corrected chi connectivity index (χ1v) is 7.97. The van der Waals surface area contributed by atoms with Gasteiger partial charge in [0.1, 0.15) is 0 Å². The molecule has 4 nitrogen and oxygen atoms in total. The molecule has 1 aliphatic heterocycles. The van der Waals surface area contributed by atoms with Gasteiger partial charge in [-0.2, -0.15) is 0 Å². The maximum absolute atomic E-state index is 12.2. The van der Waals surface area contributed by atoms with Crippen LogP contribution in [0.25, 0.3) is 0 Å². The molecule has 110 valence electrons. The maximum Gasteiger partial charge on any atom is 0.223 e. The molecule has 3 N–H and O–H groups in total. The lowest BCUT2D eigenvalue weighted by molar-refractivity contribution is -0.127. The fourth-order valence-electron chi connectivity index (χ4n) is 3.32. The van der Waals surface area contributed by atoms with Crippen molar-refractivity contribution in [2.24, 2.45) is 11.7 Å². The summed E-state index contributed by atoms with van der Waals surface area (Å²) in [6.07, 6.45) is 7.40. The van der Waals surface area contributed by atoms with Crippen molar-refractivity contribution in [3.05, 3.63) is 0 Å². The van der Waals surface area contributed by atoms with Gasteiger partial charge in [0.2, 0.25) is 5.91 Å². The van der Waals surface area contributed by atoms with Gasteiger partial charge in [0.25, 0.3) is 0 Å². The van der Waals surface area contributed by atoms with Crippen molar-refractivity contribution < 1.29 is 4.79 Å². The molecule has 0 unspecified atom stereocenters. The highest BCUT2D eigenvalue weighted by Gasteiger charge is 2.27. The van der Waals surface area contributed by atoms with Crippen molar-refractivity contribution >= 4 is 5.91 Å². The minimum absolute atomic E-state index is 0.216. The number of amides is 1. The highest BCUT2D eigenvalue weighted by molar-refractivity contribution is 5.79. The number of rotatable bonds is 4. The summed E-state index contributed by atoms with van der Waals surface area (Å²) in [5, 5.41) is 3.26. The molecule has 2 aliphatic rings. The molecule has 0 radical (unpaired) electrons. The number of carbonyl (C=O) groups excluding carboxylic acids is 1. The number of carbonyl (C=O) groups is 1. The molecule has 0 atom stereocenters. The summed E-state index contributed by atoms with van der Waals surface area (Å²) in [5.74, 6) is 0.495. The van der Waals surface area contributed by atoms with E-state index in [1.54, 1.807) is 0 Å². The molecular formula is C15H29N3O. The second-order valence-electron chi connectivity index (χ2n) is 6.24. The van der Waals surface area contributed by atoms with Crippen LogP contribution in [0.5, 0.6) is 0 Å². The minimum Gasteiger partial charge on any atom is -0.353 e. The van der Waals surface area contributed by atoms with E-state index in [-0.39, 0.29) is 11.8 Å². The Balaban J connectivity index is 1.69. The Morgan fingerprint density at radius 2 is 1.79 bits per heavy atom. The van der Waals surface area contributed by atoms with Gasteiger partial charge in [-0.15, -0.1) is 0 Å².